The van der Waals surface area contributed by atoms with Crippen LogP contribution in [0.3, 0.4) is 0 Å². The van der Waals surface area contributed by atoms with Crippen LogP contribution >= 0.6 is 24.0 Å². The van der Waals surface area contributed by atoms with Crippen LogP contribution < -0.4 is 19.5 Å². The SMILES string of the molecule is CN=C(NCc1cccc(C)n1)N1CCN(Cc2cc(OC)c(OC)c(OC)c2)CC1.I. The number of rotatable bonds is 7. The highest BCUT2D eigenvalue weighted by Gasteiger charge is 2.21. The lowest BCUT2D eigenvalue weighted by Crippen LogP contribution is -2.52. The van der Waals surface area contributed by atoms with E-state index in [9.17, 15) is 0 Å². The number of aliphatic imine (C=N–C) groups is 1. The summed E-state index contributed by atoms with van der Waals surface area (Å²) in [5.41, 5.74) is 3.17. The second-order valence-corrected chi connectivity index (χ2v) is 7.47. The maximum atomic E-state index is 5.48. The molecule has 32 heavy (non-hydrogen) atoms. The minimum absolute atomic E-state index is 0. The van der Waals surface area contributed by atoms with E-state index in [4.69, 9.17) is 14.2 Å². The number of methoxy groups -OCH3 is 3. The van der Waals surface area contributed by atoms with Crippen LogP contribution in [0.1, 0.15) is 17.0 Å². The van der Waals surface area contributed by atoms with Crippen molar-refractivity contribution < 1.29 is 14.2 Å². The van der Waals surface area contributed by atoms with E-state index in [1.54, 1.807) is 21.3 Å². The highest BCUT2D eigenvalue weighted by molar-refractivity contribution is 14.0. The largest absolute Gasteiger partial charge is 0.493 e. The average molecular weight is 555 g/mol. The minimum atomic E-state index is 0. The van der Waals surface area contributed by atoms with E-state index in [0.29, 0.717) is 23.8 Å². The first-order valence-corrected chi connectivity index (χ1v) is 10.5. The standard InChI is InChI=1S/C23H33N5O3.HI/c1-17-7-6-8-19(26-17)15-25-23(24-2)28-11-9-27(10-12-28)16-18-13-20(29-3)22(31-5)21(14-18)30-4;/h6-8,13-14H,9-12,15-16H2,1-5H3,(H,24,25);1H. The van der Waals surface area contributed by atoms with Gasteiger partial charge in [-0.1, -0.05) is 6.07 Å². The van der Waals surface area contributed by atoms with E-state index in [1.807, 2.05) is 44.3 Å². The summed E-state index contributed by atoms with van der Waals surface area (Å²) in [6, 6.07) is 10.1. The zero-order valence-corrected chi connectivity index (χ0v) is 21.9. The predicted octanol–water partition coefficient (Wildman–Crippen LogP) is 2.93. The van der Waals surface area contributed by atoms with Crippen molar-refractivity contribution in [3.8, 4) is 17.2 Å². The van der Waals surface area contributed by atoms with Gasteiger partial charge in [-0.3, -0.25) is 14.9 Å². The Kier molecular flexibility index (Phi) is 10.3. The van der Waals surface area contributed by atoms with Crippen molar-refractivity contribution in [2.45, 2.75) is 20.0 Å². The maximum Gasteiger partial charge on any atom is 0.203 e. The summed E-state index contributed by atoms with van der Waals surface area (Å²) in [4.78, 5) is 13.7. The number of ether oxygens (including phenoxy) is 3. The van der Waals surface area contributed by atoms with Crippen molar-refractivity contribution in [2.75, 3.05) is 54.6 Å². The molecule has 1 aromatic heterocycles. The second kappa shape index (κ2) is 12.7. The zero-order chi connectivity index (χ0) is 22.2. The van der Waals surface area contributed by atoms with Gasteiger partial charge in [-0.25, -0.2) is 0 Å². The number of nitrogens with zero attached hydrogens (tertiary/aromatic N) is 4. The van der Waals surface area contributed by atoms with Crippen LogP contribution in [0.4, 0.5) is 0 Å². The molecule has 2 heterocycles. The van der Waals surface area contributed by atoms with Crippen molar-refractivity contribution in [1.82, 2.24) is 20.1 Å². The molecule has 0 amide bonds. The number of benzene rings is 1. The summed E-state index contributed by atoms with van der Waals surface area (Å²) in [5.74, 6) is 2.90. The summed E-state index contributed by atoms with van der Waals surface area (Å²) in [6.45, 7) is 7.20. The summed E-state index contributed by atoms with van der Waals surface area (Å²) in [7, 11) is 6.74. The molecule has 0 atom stereocenters. The molecule has 0 aliphatic carbocycles. The Morgan fingerprint density at radius 2 is 1.69 bits per heavy atom. The Balaban J connectivity index is 0.00000363. The van der Waals surface area contributed by atoms with Gasteiger partial charge >= 0.3 is 0 Å². The molecule has 0 unspecified atom stereocenters. The van der Waals surface area contributed by atoms with Gasteiger partial charge in [-0.2, -0.15) is 0 Å². The number of hydrogen-bond donors (Lipinski definition) is 1. The predicted molar refractivity (Wildman–Crippen MR) is 138 cm³/mol. The van der Waals surface area contributed by atoms with Crippen molar-refractivity contribution >= 4 is 29.9 Å². The quantitative estimate of drug-likeness (QED) is 0.320. The fraction of sp³-hybridized carbons (Fsp3) is 0.478. The third-order valence-electron chi connectivity index (χ3n) is 5.39. The van der Waals surface area contributed by atoms with Gasteiger partial charge < -0.3 is 24.4 Å². The number of piperazine rings is 1. The second-order valence-electron chi connectivity index (χ2n) is 7.47. The molecule has 1 aromatic carbocycles. The first-order valence-electron chi connectivity index (χ1n) is 10.5. The molecule has 1 N–H and O–H groups in total. The molecule has 3 rings (SSSR count). The summed E-state index contributed by atoms with van der Waals surface area (Å²) in [5, 5.41) is 3.44. The molecule has 9 heteroatoms. The number of pyridine rings is 1. The summed E-state index contributed by atoms with van der Waals surface area (Å²) in [6.07, 6.45) is 0. The highest BCUT2D eigenvalue weighted by Crippen LogP contribution is 2.38. The van der Waals surface area contributed by atoms with Crippen LogP contribution in [0.25, 0.3) is 0 Å². The van der Waals surface area contributed by atoms with E-state index in [2.05, 4.69) is 25.1 Å². The van der Waals surface area contributed by atoms with Crippen LogP contribution in [-0.4, -0.2) is 75.3 Å². The molecule has 1 aliphatic heterocycles. The Morgan fingerprint density at radius 1 is 1.03 bits per heavy atom. The lowest BCUT2D eigenvalue weighted by molar-refractivity contribution is 0.172. The van der Waals surface area contributed by atoms with Crippen molar-refractivity contribution in [3.63, 3.8) is 0 Å². The molecular formula is C23H34IN5O3. The first-order chi connectivity index (χ1) is 15.1. The molecule has 8 nitrogen and oxygen atoms in total. The van der Waals surface area contributed by atoms with Gasteiger partial charge in [0.1, 0.15) is 0 Å². The topological polar surface area (TPSA) is 71.5 Å². The summed E-state index contributed by atoms with van der Waals surface area (Å²) < 4.78 is 16.4. The van der Waals surface area contributed by atoms with Crippen LogP contribution in [-0.2, 0) is 13.1 Å². The van der Waals surface area contributed by atoms with Crippen LogP contribution in [0.5, 0.6) is 17.2 Å². The molecule has 176 valence electrons. The molecule has 0 bridgehead atoms. The fourth-order valence-corrected chi connectivity index (χ4v) is 3.80. The van der Waals surface area contributed by atoms with Crippen molar-refractivity contribution in [1.29, 1.82) is 0 Å². The van der Waals surface area contributed by atoms with Gasteiger partial charge in [-0.05, 0) is 36.8 Å². The van der Waals surface area contributed by atoms with Gasteiger partial charge in [0.2, 0.25) is 5.75 Å². The van der Waals surface area contributed by atoms with Crippen LogP contribution in [0, 0.1) is 6.92 Å². The minimum Gasteiger partial charge on any atom is -0.493 e. The zero-order valence-electron chi connectivity index (χ0n) is 19.6. The van der Waals surface area contributed by atoms with E-state index >= 15 is 0 Å². The molecule has 0 spiro atoms. The lowest BCUT2D eigenvalue weighted by atomic mass is 10.1. The van der Waals surface area contributed by atoms with Gasteiger partial charge in [-0.15, -0.1) is 24.0 Å². The fourth-order valence-electron chi connectivity index (χ4n) is 3.80. The van der Waals surface area contributed by atoms with Gasteiger partial charge in [0, 0.05) is 45.5 Å². The monoisotopic (exact) mass is 555 g/mol. The third-order valence-corrected chi connectivity index (χ3v) is 5.39. The molecular weight excluding hydrogens is 521 g/mol. The molecule has 1 fully saturated rings. The number of hydrogen-bond acceptors (Lipinski definition) is 6. The van der Waals surface area contributed by atoms with E-state index in [1.165, 1.54) is 0 Å². The average Bonchev–Trinajstić information content (AvgIpc) is 2.79. The van der Waals surface area contributed by atoms with Crippen LogP contribution in [0.15, 0.2) is 35.3 Å². The number of halogens is 1. The Hall–Kier alpha value is -2.27. The summed E-state index contributed by atoms with van der Waals surface area (Å²) >= 11 is 0. The van der Waals surface area contributed by atoms with Crippen molar-refractivity contribution in [3.05, 3.63) is 47.3 Å². The number of aryl methyl sites for hydroxylation is 1. The number of aromatic nitrogens is 1. The lowest BCUT2D eigenvalue weighted by Gasteiger charge is -2.36. The van der Waals surface area contributed by atoms with E-state index < -0.39 is 0 Å². The van der Waals surface area contributed by atoms with E-state index in [-0.39, 0.29) is 24.0 Å². The maximum absolute atomic E-state index is 5.48. The Morgan fingerprint density at radius 3 is 2.22 bits per heavy atom. The Bertz CT molecular complexity index is 876. The number of guanidine groups is 1. The molecule has 1 saturated heterocycles. The van der Waals surface area contributed by atoms with Gasteiger partial charge in [0.25, 0.3) is 0 Å². The first kappa shape index (κ1) is 26.0. The molecule has 0 radical (unpaired) electrons. The van der Waals surface area contributed by atoms with Crippen LogP contribution in [0.2, 0.25) is 0 Å². The molecule has 1 aliphatic rings. The number of nitrogens with one attached hydrogen (secondary N) is 1. The van der Waals surface area contributed by atoms with Gasteiger partial charge in [0.15, 0.2) is 17.5 Å². The highest BCUT2D eigenvalue weighted by atomic mass is 127. The normalized spacial score (nSPS) is 14.5. The van der Waals surface area contributed by atoms with E-state index in [0.717, 1.165) is 55.6 Å². The Labute approximate surface area is 208 Å². The third kappa shape index (κ3) is 6.61. The molecule has 2 aromatic rings. The van der Waals surface area contributed by atoms with Crippen molar-refractivity contribution in [2.24, 2.45) is 4.99 Å². The smallest absolute Gasteiger partial charge is 0.203 e. The molecule has 0 saturated carbocycles. The van der Waals surface area contributed by atoms with Gasteiger partial charge in [0.05, 0.1) is 33.6 Å².